The topological polar surface area (TPSA) is 74.6 Å². The molecule has 0 radical (unpaired) electrons. The standard InChI is InChI=1S/C22H32N6O.HI/c1-5-23-22(25-14-20-16(2)26-27(4)17(20)3)24-13-18-8-10-19(11-9-18)15-28-12-6-7-21(28)29;/h8-11H,5-7,12-15H2,1-4H3,(H2,23,24,25);1H. The number of nitrogens with zero attached hydrogens (tertiary/aromatic N) is 4. The zero-order chi connectivity index (χ0) is 20.8. The lowest BCUT2D eigenvalue weighted by Crippen LogP contribution is -2.37. The van der Waals surface area contributed by atoms with E-state index in [0.29, 0.717) is 26.1 Å². The number of hydrogen-bond donors (Lipinski definition) is 2. The number of guanidine groups is 1. The highest BCUT2D eigenvalue weighted by atomic mass is 127. The largest absolute Gasteiger partial charge is 0.357 e. The van der Waals surface area contributed by atoms with Gasteiger partial charge in [-0.15, -0.1) is 24.0 Å². The molecule has 1 saturated heterocycles. The minimum atomic E-state index is 0. The van der Waals surface area contributed by atoms with E-state index >= 15 is 0 Å². The molecule has 164 valence electrons. The van der Waals surface area contributed by atoms with Crippen LogP contribution in [0.3, 0.4) is 0 Å². The van der Waals surface area contributed by atoms with Crippen molar-refractivity contribution in [3.63, 3.8) is 0 Å². The van der Waals surface area contributed by atoms with Crippen molar-refractivity contribution in [2.45, 2.75) is 53.2 Å². The number of nitrogens with one attached hydrogen (secondary N) is 2. The average molecular weight is 524 g/mol. The van der Waals surface area contributed by atoms with E-state index < -0.39 is 0 Å². The van der Waals surface area contributed by atoms with Gasteiger partial charge >= 0.3 is 0 Å². The highest BCUT2D eigenvalue weighted by Gasteiger charge is 2.19. The lowest BCUT2D eigenvalue weighted by molar-refractivity contribution is -0.128. The maximum absolute atomic E-state index is 11.8. The summed E-state index contributed by atoms with van der Waals surface area (Å²) in [6.45, 7) is 9.85. The molecule has 1 fully saturated rings. The molecule has 1 amide bonds. The van der Waals surface area contributed by atoms with E-state index in [1.165, 1.54) is 11.1 Å². The molecule has 2 aromatic rings. The van der Waals surface area contributed by atoms with Crippen LogP contribution in [-0.4, -0.2) is 39.6 Å². The number of likely N-dealkylation sites (tertiary alicyclic amines) is 1. The Labute approximate surface area is 196 Å². The van der Waals surface area contributed by atoms with Gasteiger partial charge in [0.25, 0.3) is 0 Å². The Kier molecular flexibility index (Phi) is 9.13. The van der Waals surface area contributed by atoms with Crippen LogP contribution in [0.2, 0.25) is 0 Å². The minimum Gasteiger partial charge on any atom is -0.357 e. The summed E-state index contributed by atoms with van der Waals surface area (Å²) < 4.78 is 1.91. The van der Waals surface area contributed by atoms with Gasteiger partial charge < -0.3 is 15.5 Å². The van der Waals surface area contributed by atoms with Gasteiger partial charge in [0.1, 0.15) is 0 Å². The summed E-state index contributed by atoms with van der Waals surface area (Å²) in [6.07, 6.45) is 1.66. The van der Waals surface area contributed by atoms with Gasteiger partial charge in [0, 0.05) is 50.9 Å². The van der Waals surface area contributed by atoms with Crippen molar-refractivity contribution in [2.75, 3.05) is 13.1 Å². The van der Waals surface area contributed by atoms with Gasteiger partial charge in [-0.3, -0.25) is 9.48 Å². The maximum Gasteiger partial charge on any atom is 0.222 e. The summed E-state index contributed by atoms with van der Waals surface area (Å²) in [5.74, 6) is 1.06. The maximum atomic E-state index is 11.8. The summed E-state index contributed by atoms with van der Waals surface area (Å²) in [6, 6.07) is 8.38. The van der Waals surface area contributed by atoms with Crippen LogP contribution in [0, 0.1) is 13.8 Å². The quantitative estimate of drug-likeness (QED) is 0.332. The van der Waals surface area contributed by atoms with Gasteiger partial charge in [0.15, 0.2) is 5.96 Å². The smallest absolute Gasteiger partial charge is 0.222 e. The summed E-state index contributed by atoms with van der Waals surface area (Å²) in [5, 5.41) is 11.2. The Bertz CT molecular complexity index is 874. The molecule has 0 unspecified atom stereocenters. The second-order valence-electron chi connectivity index (χ2n) is 7.56. The molecule has 2 N–H and O–H groups in total. The highest BCUT2D eigenvalue weighted by molar-refractivity contribution is 14.0. The second kappa shape index (κ2) is 11.3. The number of carbonyl (C=O) groups is 1. The van der Waals surface area contributed by atoms with Gasteiger partial charge in [-0.2, -0.15) is 5.10 Å². The molecule has 1 aliphatic heterocycles. The Hall–Kier alpha value is -2.10. The molecular formula is C22H33IN6O. The Balaban J connectivity index is 0.00000320. The molecular weight excluding hydrogens is 491 g/mol. The summed E-state index contributed by atoms with van der Waals surface area (Å²) in [7, 11) is 1.97. The lowest BCUT2D eigenvalue weighted by atomic mass is 10.1. The van der Waals surface area contributed by atoms with Crippen molar-refractivity contribution in [2.24, 2.45) is 12.0 Å². The summed E-state index contributed by atoms with van der Waals surface area (Å²) >= 11 is 0. The Morgan fingerprint density at radius 3 is 2.43 bits per heavy atom. The van der Waals surface area contributed by atoms with Gasteiger partial charge in [-0.1, -0.05) is 24.3 Å². The number of aryl methyl sites for hydroxylation is 2. The van der Waals surface area contributed by atoms with Gasteiger partial charge in [0.2, 0.25) is 5.91 Å². The van der Waals surface area contributed by atoms with Crippen molar-refractivity contribution in [1.29, 1.82) is 0 Å². The first-order valence-electron chi connectivity index (χ1n) is 10.3. The number of rotatable bonds is 7. The third-order valence-electron chi connectivity index (χ3n) is 5.42. The molecule has 0 spiro atoms. The molecule has 3 rings (SSSR count). The average Bonchev–Trinajstić information content (AvgIpc) is 3.21. The van der Waals surface area contributed by atoms with Crippen LogP contribution < -0.4 is 10.6 Å². The third-order valence-corrected chi connectivity index (χ3v) is 5.42. The molecule has 0 bridgehead atoms. The zero-order valence-electron chi connectivity index (χ0n) is 18.4. The molecule has 0 atom stereocenters. The van der Waals surface area contributed by atoms with Crippen LogP contribution >= 0.6 is 24.0 Å². The van der Waals surface area contributed by atoms with Crippen LogP contribution in [0.25, 0.3) is 0 Å². The minimum absolute atomic E-state index is 0. The van der Waals surface area contributed by atoms with E-state index in [0.717, 1.165) is 42.4 Å². The molecule has 1 aromatic heterocycles. The van der Waals surface area contributed by atoms with Crippen LogP contribution in [0.5, 0.6) is 0 Å². The molecule has 0 saturated carbocycles. The van der Waals surface area contributed by atoms with Crippen molar-refractivity contribution in [3.05, 3.63) is 52.3 Å². The van der Waals surface area contributed by atoms with E-state index in [4.69, 9.17) is 4.99 Å². The van der Waals surface area contributed by atoms with E-state index in [9.17, 15) is 4.79 Å². The fourth-order valence-corrected chi connectivity index (χ4v) is 3.60. The third kappa shape index (κ3) is 6.20. The molecule has 1 aliphatic rings. The normalized spacial score (nSPS) is 14.1. The Morgan fingerprint density at radius 2 is 1.87 bits per heavy atom. The fraction of sp³-hybridized carbons (Fsp3) is 0.500. The van der Waals surface area contributed by atoms with Crippen LogP contribution in [0.1, 0.15) is 47.8 Å². The number of hydrogen-bond acceptors (Lipinski definition) is 3. The number of carbonyl (C=O) groups excluding carboxylic acids is 1. The van der Waals surface area contributed by atoms with E-state index in [-0.39, 0.29) is 29.9 Å². The zero-order valence-corrected chi connectivity index (χ0v) is 20.7. The second-order valence-corrected chi connectivity index (χ2v) is 7.56. The SMILES string of the molecule is CCNC(=NCc1ccc(CN2CCCC2=O)cc1)NCc1c(C)nn(C)c1C.I. The van der Waals surface area contributed by atoms with Gasteiger partial charge in [-0.05, 0) is 38.3 Å². The van der Waals surface area contributed by atoms with Crippen LogP contribution in [0.15, 0.2) is 29.3 Å². The predicted octanol–water partition coefficient (Wildman–Crippen LogP) is 3.03. The highest BCUT2D eigenvalue weighted by Crippen LogP contribution is 2.15. The van der Waals surface area contributed by atoms with Crippen molar-refractivity contribution < 1.29 is 4.79 Å². The van der Waals surface area contributed by atoms with Crippen molar-refractivity contribution in [1.82, 2.24) is 25.3 Å². The first kappa shape index (κ1) is 24.2. The molecule has 2 heterocycles. The number of aliphatic imine (C=N–C) groups is 1. The molecule has 30 heavy (non-hydrogen) atoms. The number of aromatic nitrogens is 2. The van der Waals surface area contributed by atoms with Gasteiger partial charge in [0.05, 0.1) is 12.2 Å². The van der Waals surface area contributed by atoms with E-state index in [1.54, 1.807) is 0 Å². The van der Waals surface area contributed by atoms with E-state index in [2.05, 4.69) is 53.8 Å². The number of benzene rings is 1. The first-order valence-corrected chi connectivity index (χ1v) is 10.3. The van der Waals surface area contributed by atoms with E-state index in [1.807, 2.05) is 23.6 Å². The Morgan fingerprint density at radius 1 is 1.17 bits per heavy atom. The van der Waals surface area contributed by atoms with Gasteiger partial charge in [-0.25, -0.2) is 4.99 Å². The summed E-state index contributed by atoms with van der Waals surface area (Å²) in [4.78, 5) is 18.4. The van der Waals surface area contributed by atoms with Crippen LogP contribution in [0.4, 0.5) is 0 Å². The predicted molar refractivity (Wildman–Crippen MR) is 131 cm³/mol. The monoisotopic (exact) mass is 524 g/mol. The number of amides is 1. The summed E-state index contributed by atoms with van der Waals surface area (Å²) in [5.41, 5.74) is 5.73. The van der Waals surface area contributed by atoms with Crippen molar-refractivity contribution in [3.8, 4) is 0 Å². The molecule has 0 aliphatic carbocycles. The first-order chi connectivity index (χ1) is 14.0. The molecule has 1 aromatic carbocycles. The number of halogens is 1. The lowest BCUT2D eigenvalue weighted by Gasteiger charge is -2.15. The van der Waals surface area contributed by atoms with Crippen LogP contribution in [-0.2, 0) is 31.5 Å². The van der Waals surface area contributed by atoms with Crippen molar-refractivity contribution >= 4 is 35.8 Å². The molecule has 7 nitrogen and oxygen atoms in total. The molecule has 8 heteroatoms. The fourth-order valence-electron chi connectivity index (χ4n) is 3.60.